The molecule has 0 saturated heterocycles. The summed E-state index contributed by atoms with van der Waals surface area (Å²) in [6, 6.07) is 32.7. The van der Waals surface area contributed by atoms with Gasteiger partial charge in [-0.15, -0.1) is 0 Å². The molecule has 1 aromatic heterocycles. The minimum absolute atomic E-state index is 0.0401. The van der Waals surface area contributed by atoms with Gasteiger partial charge in [-0.05, 0) is 65.7 Å². The summed E-state index contributed by atoms with van der Waals surface area (Å²) in [5.74, 6) is 1.39. The molecule has 0 saturated carbocycles. The molecule has 6 rings (SSSR count). The first kappa shape index (κ1) is 23.8. The van der Waals surface area contributed by atoms with Crippen molar-refractivity contribution in [2.75, 3.05) is 12.1 Å². The molecule has 1 aliphatic heterocycles. The zero-order chi connectivity index (χ0) is 25.4. The second kappa shape index (κ2) is 10.1. The third kappa shape index (κ3) is 4.77. The number of hydrogen-bond acceptors (Lipinski definition) is 5. The van der Waals surface area contributed by atoms with E-state index in [1.807, 2.05) is 59.6 Å². The lowest BCUT2D eigenvalue weighted by molar-refractivity contribution is 0.415. The van der Waals surface area contributed by atoms with Gasteiger partial charge in [-0.25, -0.2) is 15.0 Å². The van der Waals surface area contributed by atoms with Crippen LogP contribution in [-0.2, 0) is 0 Å². The van der Waals surface area contributed by atoms with Crippen LogP contribution in [0, 0.1) is 0 Å². The van der Waals surface area contributed by atoms with Crippen molar-refractivity contribution < 1.29 is 4.74 Å². The third-order valence-electron chi connectivity index (χ3n) is 6.49. The zero-order valence-electron chi connectivity index (χ0n) is 20.0. The Bertz CT molecular complexity index is 1600. The Hall–Kier alpha value is -3.55. The molecule has 0 fully saturated rings. The van der Waals surface area contributed by atoms with Crippen LogP contribution >= 0.6 is 31.9 Å². The van der Waals surface area contributed by atoms with Crippen LogP contribution in [0.3, 0.4) is 0 Å². The van der Waals surface area contributed by atoms with Gasteiger partial charge in [-0.1, -0.05) is 74.3 Å². The SMILES string of the molecule is COc1ccc(C2=NN(c3nc(-c4ccccc4)c4cc(Br)ccc4n3)[C@@H](c3ccc(Br)cc3)C2)cc1. The van der Waals surface area contributed by atoms with Crippen LogP contribution in [-0.4, -0.2) is 22.8 Å². The van der Waals surface area contributed by atoms with Gasteiger partial charge in [0.15, 0.2) is 0 Å². The van der Waals surface area contributed by atoms with Gasteiger partial charge in [0.1, 0.15) is 5.75 Å². The lowest BCUT2D eigenvalue weighted by Crippen LogP contribution is -2.21. The number of fused-ring (bicyclic) bond motifs is 1. The molecule has 7 heteroatoms. The van der Waals surface area contributed by atoms with Crippen LogP contribution in [0.2, 0.25) is 0 Å². The van der Waals surface area contributed by atoms with Crippen LogP contribution < -0.4 is 9.75 Å². The molecule has 0 spiro atoms. The maximum Gasteiger partial charge on any atom is 0.247 e. The van der Waals surface area contributed by atoms with E-state index in [1.165, 1.54) is 0 Å². The average Bonchev–Trinajstić information content (AvgIpc) is 3.39. The molecule has 2 heterocycles. The Morgan fingerprint density at radius 1 is 0.784 bits per heavy atom. The van der Waals surface area contributed by atoms with Gasteiger partial charge in [0.25, 0.3) is 0 Å². The maximum atomic E-state index is 5.35. The first-order valence-electron chi connectivity index (χ1n) is 11.9. The van der Waals surface area contributed by atoms with Crippen molar-refractivity contribution in [2.24, 2.45) is 5.10 Å². The molecule has 37 heavy (non-hydrogen) atoms. The van der Waals surface area contributed by atoms with Crippen molar-refractivity contribution in [3.05, 3.63) is 117 Å². The predicted octanol–water partition coefficient (Wildman–Crippen LogP) is 8.19. The Labute approximate surface area is 232 Å². The van der Waals surface area contributed by atoms with E-state index in [4.69, 9.17) is 19.8 Å². The van der Waals surface area contributed by atoms with E-state index in [-0.39, 0.29) is 6.04 Å². The van der Waals surface area contributed by atoms with Crippen molar-refractivity contribution in [2.45, 2.75) is 12.5 Å². The molecule has 1 atom stereocenters. The molecule has 182 valence electrons. The zero-order valence-corrected chi connectivity index (χ0v) is 23.1. The number of hydrazone groups is 1. The lowest BCUT2D eigenvalue weighted by atomic mass is 9.98. The van der Waals surface area contributed by atoms with E-state index in [0.29, 0.717) is 5.95 Å². The van der Waals surface area contributed by atoms with E-state index in [1.54, 1.807) is 7.11 Å². The summed E-state index contributed by atoms with van der Waals surface area (Å²) in [6.45, 7) is 0. The van der Waals surface area contributed by atoms with Crippen LogP contribution in [0.25, 0.3) is 22.2 Å². The van der Waals surface area contributed by atoms with Gasteiger partial charge in [-0.2, -0.15) is 5.10 Å². The number of nitrogens with zero attached hydrogens (tertiary/aromatic N) is 4. The number of aromatic nitrogens is 2. The summed E-state index contributed by atoms with van der Waals surface area (Å²) in [6.07, 6.45) is 0.733. The summed E-state index contributed by atoms with van der Waals surface area (Å²) in [5, 5.41) is 8.04. The molecular weight excluding hydrogens is 592 g/mol. The van der Waals surface area contributed by atoms with E-state index >= 15 is 0 Å². The van der Waals surface area contributed by atoms with Crippen LogP contribution in [0.1, 0.15) is 23.6 Å². The second-order valence-electron chi connectivity index (χ2n) is 8.79. The number of anilines is 1. The van der Waals surface area contributed by atoms with Crippen molar-refractivity contribution in [1.82, 2.24) is 9.97 Å². The standard InChI is InChI=1S/C30H22Br2N4O/c1-37-24-14-9-19(10-15-24)27-18-28(20-7-11-22(31)12-8-20)36(35-27)30-33-26-16-13-23(32)17-25(26)29(34-30)21-5-3-2-4-6-21/h2-17,28H,18H2,1H3/t28-/m1/s1. The van der Waals surface area contributed by atoms with Gasteiger partial charge >= 0.3 is 0 Å². The van der Waals surface area contributed by atoms with Gasteiger partial charge in [0.2, 0.25) is 5.95 Å². The molecule has 0 N–H and O–H groups in total. The Kier molecular flexibility index (Phi) is 6.49. The molecule has 0 radical (unpaired) electrons. The largest absolute Gasteiger partial charge is 0.497 e. The maximum absolute atomic E-state index is 5.35. The fourth-order valence-electron chi connectivity index (χ4n) is 4.60. The minimum Gasteiger partial charge on any atom is -0.497 e. The molecule has 0 amide bonds. The summed E-state index contributed by atoms with van der Waals surface area (Å²) in [4.78, 5) is 10.1. The number of methoxy groups -OCH3 is 1. The third-order valence-corrected chi connectivity index (χ3v) is 7.51. The highest BCUT2D eigenvalue weighted by molar-refractivity contribution is 9.10. The summed E-state index contributed by atoms with van der Waals surface area (Å²) in [7, 11) is 1.67. The van der Waals surface area contributed by atoms with Crippen molar-refractivity contribution in [3.8, 4) is 17.0 Å². The van der Waals surface area contributed by atoms with E-state index in [0.717, 1.165) is 60.1 Å². The Morgan fingerprint density at radius 3 is 2.24 bits per heavy atom. The average molecular weight is 614 g/mol. The molecule has 0 bridgehead atoms. The van der Waals surface area contributed by atoms with Crippen LogP contribution in [0.15, 0.2) is 111 Å². The molecule has 4 aromatic carbocycles. The van der Waals surface area contributed by atoms with Crippen molar-refractivity contribution in [1.29, 1.82) is 0 Å². The van der Waals surface area contributed by atoms with E-state index in [2.05, 4.69) is 74.3 Å². The number of hydrogen-bond donors (Lipinski definition) is 0. The minimum atomic E-state index is -0.0401. The first-order valence-corrected chi connectivity index (χ1v) is 13.5. The van der Waals surface area contributed by atoms with Gasteiger partial charge < -0.3 is 4.74 Å². The highest BCUT2D eigenvalue weighted by atomic mass is 79.9. The Balaban J connectivity index is 1.52. The molecule has 0 aliphatic carbocycles. The second-order valence-corrected chi connectivity index (χ2v) is 10.6. The topological polar surface area (TPSA) is 50.6 Å². The van der Waals surface area contributed by atoms with Gasteiger partial charge in [0, 0.05) is 26.3 Å². The van der Waals surface area contributed by atoms with Gasteiger partial charge in [-0.3, -0.25) is 0 Å². The van der Waals surface area contributed by atoms with Crippen LogP contribution in [0.5, 0.6) is 5.75 Å². The summed E-state index contributed by atoms with van der Waals surface area (Å²) in [5.41, 5.74) is 5.97. The highest BCUT2D eigenvalue weighted by Crippen LogP contribution is 2.38. The fourth-order valence-corrected chi connectivity index (χ4v) is 5.23. The van der Waals surface area contributed by atoms with Crippen LogP contribution in [0.4, 0.5) is 5.95 Å². The summed E-state index contributed by atoms with van der Waals surface area (Å²) >= 11 is 7.18. The number of benzene rings is 4. The van der Waals surface area contributed by atoms with Crippen molar-refractivity contribution in [3.63, 3.8) is 0 Å². The molecule has 5 aromatic rings. The first-order chi connectivity index (χ1) is 18.1. The molecule has 5 nitrogen and oxygen atoms in total. The summed E-state index contributed by atoms with van der Waals surface area (Å²) < 4.78 is 7.38. The van der Waals surface area contributed by atoms with E-state index in [9.17, 15) is 0 Å². The van der Waals surface area contributed by atoms with E-state index < -0.39 is 0 Å². The fraction of sp³-hybridized carbons (Fsp3) is 0.100. The number of rotatable bonds is 5. The lowest BCUT2D eigenvalue weighted by Gasteiger charge is -2.23. The molecular formula is C30H22Br2N4O. The highest BCUT2D eigenvalue weighted by Gasteiger charge is 2.32. The van der Waals surface area contributed by atoms with Gasteiger partial charge in [0.05, 0.1) is 30.1 Å². The number of ether oxygens (including phenoxy) is 1. The molecule has 1 aliphatic rings. The quantitative estimate of drug-likeness (QED) is 0.200. The smallest absolute Gasteiger partial charge is 0.247 e. The predicted molar refractivity (Wildman–Crippen MR) is 156 cm³/mol. The molecule has 0 unspecified atom stereocenters. The number of halogens is 2. The normalized spacial score (nSPS) is 15.2. The Morgan fingerprint density at radius 2 is 1.51 bits per heavy atom. The van der Waals surface area contributed by atoms with Crippen molar-refractivity contribution >= 4 is 54.4 Å². The monoisotopic (exact) mass is 612 g/mol.